The number of likely N-dealkylation sites (tertiary alicyclic amines) is 1. The van der Waals surface area contributed by atoms with Crippen LogP contribution in [0.5, 0.6) is 0 Å². The molecular formula is C17H27NO3. The molecule has 0 aromatic heterocycles. The first-order chi connectivity index (χ1) is 9.93. The highest BCUT2D eigenvalue weighted by Gasteiger charge is 2.53. The van der Waals surface area contributed by atoms with E-state index in [1.165, 1.54) is 4.90 Å². The number of aliphatic hydroxyl groups is 1. The van der Waals surface area contributed by atoms with E-state index in [0.29, 0.717) is 24.7 Å². The Morgan fingerprint density at radius 2 is 1.67 bits per heavy atom. The van der Waals surface area contributed by atoms with Crippen molar-refractivity contribution in [3.63, 3.8) is 0 Å². The maximum Gasteiger partial charge on any atom is 0.233 e. The summed E-state index contributed by atoms with van der Waals surface area (Å²) < 4.78 is 0. The summed E-state index contributed by atoms with van der Waals surface area (Å²) in [7, 11) is 0. The molecule has 2 saturated carbocycles. The lowest BCUT2D eigenvalue weighted by molar-refractivity contribution is -0.146. The molecule has 2 unspecified atom stereocenters. The molecule has 1 aliphatic heterocycles. The zero-order chi connectivity index (χ0) is 15.2. The fourth-order valence-electron chi connectivity index (χ4n) is 4.58. The second kappa shape index (κ2) is 5.38. The molecule has 0 aromatic rings. The Morgan fingerprint density at radius 1 is 1.14 bits per heavy atom. The normalized spacial score (nSPS) is 43.5. The van der Waals surface area contributed by atoms with Crippen molar-refractivity contribution < 1.29 is 14.7 Å². The van der Waals surface area contributed by atoms with Gasteiger partial charge in [0.15, 0.2) is 0 Å². The van der Waals surface area contributed by atoms with Crippen molar-refractivity contribution in [2.75, 3.05) is 6.54 Å². The van der Waals surface area contributed by atoms with E-state index in [-0.39, 0.29) is 30.2 Å². The van der Waals surface area contributed by atoms with Crippen molar-refractivity contribution in [1.29, 1.82) is 0 Å². The highest BCUT2D eigenvalue weighted by Crippen LogP contribution is 2.44. The van der Waals surface area contributed by atoms with Crippen LogP contribution in [0.3, 0.4) is 0 Å². The summed E-state index contributed by atoms with van der Waals surface area (Å²) in [4.78, 5) is 26.3. The Morgan fingerprint density at radius 3 is 2.14 bits per heavy atom. The van der Waals surface area contributed by atoms with E-state index in [0.717, 1.165) is 32.1 Å². The lowest BCUT2D eigenvalue weighted by atomic mass is 9.77. The highest BCUT2D eigenvalue weighted by molar-refractivity contribution is 6.05. The maximum absolute atomic E-state index is 12.5. The van der Waals surface area contributed by atoms with Gasteiger partial charge < -0.3 is 5.11 Å². The van der Waals surface area contributed by atoms with Crippen LogP contribution in [-0.4, -0.2) is 34.0 Å². The molecule has 0 radical (unpaired) electrons. The number of hydrogen-bond donors (Lipinski definition) is 1. The predicted molar refractivity (Wildman–Crippen MR) is 79.3 cm³/mol. The first-order valence-corrected chi connectivity index (χ1v) is 8.51. The van der Waals surface area contributed by atoms with E-state index in [1.54, 1.807) is 0 Å². The van der Waals surface area contributed by atoms with Crippen LogP contribution in [0.1, 0.15) is 58.8 Å². The number of fused-ring (bicyclic) bond motifs is 1. The number of rotatable bonds is 3. The lowest BCUT2D eigenvalue weighted by Gasteiger charge is -2.38. The minimum absolute atomic E-state index is 0.0274. The van der Waals surface area contributed by atoms with Gasteiger partial charge in [0.2, 0.25) is 11.8 Å². The van der Waals surface area contributed by atoms with E-state index in [1.807, 2.05) is 0 Å². The smallest absolute Gasteiger partial charge is 0.233 e. The number of nitrogens with zero attached hydrogens (tertiary/aromatic N) is 1. The van der Waals surface area contributed by atoms with Gasteiger partial charge in [-0.05, 0) is 50.4 Å². The topological polar surface area (TPSA) is 57.6 Å². The van der Waals surface area contributed by atoms with E-state index >= 15 is 0 Å². The summed E-state index contributed by atoms with van der Waals surface area (Å²) in [6, 6.07) is 0. The second-order valence-electron chi connectivity index (χ2n) is 7.63. The van der Waals surface area contributed by atoms with Crippen LogP contribution in [0.2, 0.25) is 0 Å². The van der Waals surface area contributed by atoms with Crippen LogP contribution in [-0.2, 0) is 9.59 Å². The van der Waals surface area contributed by atoms with E-state index < -0.39 is 5.60 Å². The van der Waals surface area contributed by atoms with Gasteiger partial charge in [-0.25, -0.2) is 0 Å². The zero-order valence-electron chi connectivity index (χ0n) is 13.2. The summed E-state index contributed by atoms with van der Waals surface area (Å²) in [5, 5.41) is 10.7. The minimum atomic E-state index is -0.846. The van der Waals surface area contributed by atoms with Gasteiger partial charge in [0, 0.05) is 0 Å². The number of β-amino-alcohol motifs (C(OH)–C–C–N with tert-alkyl or cyclic N) is 1. The Hall–Kier alpha value is -0.900. The average molecular weight is 293 g/mol. The monoisotopic (exact) mass is 293 g/mol. The summed E-state index contributed by atoms with van der Waals surface area (Å²) in [5.41, 5.74) is -0.846. The van der Waals surface area contributed by atoms with Crippen molar-refractivity contribution >= 4 is 11.8 Å². The highest BCUT2D eigenvalue weighted by atomic mass is 16.3. The minimum Gasteiger partial charge on any atom is -0.388 e. The zero-order valence-corrected chi connectivity index (χ0v) is 13.2. The molecule has 2 atom stereocenters. The Labute approximate surface area is 126 Å². The van der Waals surface area contributed by atoms with Gasteiger partial charge in [0.05, 0.1) is 24.0 Å². The van der Waals surface area contributed by atoms with Crippen LogP contribution in [0.15, 0.2) is 0 Å². The molecule has 2 amide bonds. The Kier molecular flexibility index (Phi) is 3.85. The fraction of sp³-hybridized carbons (Fsp3) is 0.882. The lowest BCUT2D eigenvalue weighted by Crippen LogP contribution is -2.48. The molecule has 1 heterocycles. The summed E-state index contributed by atoms with van der Waals surface area (Å²) in [5.74, 6) is 0.889. The fourth-order valence-corrected chi connectivity index (χ4v) is 4.58. The van der Waals surface area contributed by atoms with E-state index in [4.69, 9.17) is 0 Å². The van der Waals surface area contributed by atoms with Gasteiger partial charge in [-0.15, -0.1) is 0 Å². The Bertz CT molecular complexity index is 415. The molecule has 1 N–H and O–H groups in total. The van der Waals surface area contributed by atoms with Gasteiger partial charge >= 0.3 is 0 Å². The molecule has 3 aliphatic rings. The standard InChI is InChI=1S/C17H27NO3/c1-3-12-4-6-17(21,7-5-12)10-18-15(19)13-8-11(2)9-14(13)16(18)20/h11-14,21H,3-10H2,1-2H3. The molecule has 4 nitrogen and oxygen atoms in total. The van der Waals surface area contributed by atoms with Crippen molar-refractivity contribution in [2.24, 2.45) is 23.7 Å². The van der Waals surface area contributed by atoms with Gasteiger partial charge in [-0.2, -0.15) is 0 Å². The summed E-state index contributed by atoms with van der Waals surface area (Å²) in [6.07, 6.45) is 6.27. The third kappa shape index (κ3) is 2.63. The first-order valence-electron chi connectivity index (χ1n) is 8.51. The van der Waals surface area contributed by atoms with Crippen LogP contribution in [0.4, 0.5) is 0 Å². The molecule has 3 rings (SSSR count). The largest absolute Gasteiger partial charge is 0.388 e. The molecule has 4 heteroatoms. The van der Waals surface area contributed by atoms with Crippen molar-refractivity contribution in [3.05, 3.63) is 0 Å². The maximum atomic E-state index is 12.5. The molecule has 2 aliphatic carbocycles. The second-order valence-corrected chi connectivity index (χ2v) is 7.63. The van der Waals surface area contributed by atoms with E-state index in [9.17, 15) is 14.7 Å². The number of hydrogen-bond acceptors (Lipinski definition) is 3. The number of imide groups is 1. The van der Waals surface area contributed by atoms with Gasteiger partial charge in [0.1, 0.15) is 0 Å². The molecule has 0 aromatic carbocycles. The van der Waals surface area contributed by atoms with Crippen LogP contribution < -0.4 is 0 Å². The third-order valence-electron chi connectivity index (χ3n) is 6.03. The molecule has 1 saturated heterocycles. The molecule has 118 valence electrons. The quantitative estimate of drug-likeness (QED) is 0.813. The van der Waals surface area contributed by atoms with Crippen molar-refractivity contribution in [1.82, 2.24) is 4.90 Å². The van der Waals surface area contributed by atoms with Crippen LogP contribution in [0, 0.1) is 23.7 Å². The summed E-state index contributed by atoms with van der Waals surface area (Å²) >= 11 is 0. The molecular weight excluding hydrogens is 266 g/mol. The van der Waals surface area contributed by atoms with Gasteiger partial charge in [-0.3, -0.25) is 14.5 Å². The molecule has 0 bridgehead atoms. The van der Waals surface area contributed by atoms with Crippen LogP contribution >= 0.6 is 0 Å². The molecule has 21 heavy (non-hydrogen) atoms. The average Bonchev–Trinajstić information content (AvgIpc) is 2.94. The number of amides is 2. The number of carbonyl (C=O) groups excluding carboxylic acids is 2. The predicted octanol–water partition coefficient (Wildman–Crippen LogP) is 2.35. The van der Waals surface area contributed by atoms with Gasteiger partial charge in [0.25, 0.3) is 0 Å². The van der Waals surface area contributed by atoms with Crippen LogP contribution in [0.25, 0.3) is 0 Å². The van der Waals surface area contributed by atoms with E-state index in [2.05, 4.69) is 13.8 Å². The van der Waals surface area contributed by atoms with Gasteiger partial charge in [-0.1, -0.05) is 20.3 Å². The molecule has 0 spiro atoms. The third-order valence-corrected chi connectivity index (χ3v) is 6.03. The SMILES string of the molecule is CCC1CCC(O)(CN2C(=O)C3CC(C)CC3C2=O)CC1. The summed E-state index contributed by atoms with van der Waals surface area (Å²) in [6.45, 7) is 4.52. The Balaban J connectivity index is 1.66. The van der Waals surface area contributed by atoms with Crippen molar-refractivity contribution in [2.45, 2.75) is 64.4 Å². The first kappa shape index (κ1) is 15.0. The molecule has 3 fully saturated rings. The van der Waals surface area contributed by atoms with Crippen molar-refractivity contribution in [3.8, 4) is 0 Å². The number of carbonyl (C=O) groups is 2.